The molecule has 0 aliphatic heterocycles. The molecule has 3 aromatic heterocycles. The first-order valence-electron chi connectivity index (χ1n) is 7.71. The summed E-state index contributed by atoms with van der Waals surface area (Å²) in [5.74, 6) is -0.0481. The number of carboxylic acids is 1. The van der Waals surface area contributed by atoms with E-state index in [0.29, 0.717) is 0 Å². The largest absolute Gasteiger partial charge is 0.477 e. The van der Waals surface area contributed by atoms with E-state index in [4.69, 9.17) is 5.11 Å². The van der Waals surface area contributed by atoms with Crippen LogP contribution in [0.25, 0.3) is 16.7 Å². The molecule has 0 atom stereocenters. The topological polar surface area (TPSA) is 68.0 Å². The van der Waals surface area contributed by atoms with E-state index >= 15 is 0 Å². The minimum Gasteiger partial charge on any atom is -0.477 e. The van der Waals surface area contributed by atoms with Gasteiger partial charge in [-0.05, 0) is 31.2 Å². The first-order valence-corrected chi connectivity index (χ1v) is 7.71. The maximum atomic E-state index is 10.1. The van der Waals surface area contributed by atoms with E-state index in [-0.39, 0.29) is 25.8 Å². The van der Waals surface area contributed by atoms with Gasteiger partial charge in [-0.2, -0.15) is 24.3 Å². The molecule has 0 amide bonds. The van der Waals surface area contributed by atoms with Crippen LogP contribution in [0.15, 0.2) is 73.1 Å². The molecule has 4 rings (SSSR count). The Balaban J connectivity index is 0.000000210. The number of aromatic nitrogens is 3. The van der Waals surface area contributed by atoms with Crippen molar-refractivity contribution in [3.8, 4) is 5.82 Å². The molecule has 1 N–H and O–H groups in total. The molecule has 0 fully saturated rings. The number of aryl methyl sites for hydroxylation is 1. The summed E-state index contributed by atoms with van der Waals surface area (Å²) in [5, 5.41) is 9.52. The van der Waals surface area contributed by atoms with Gasteiger partial charge in [0.15, 0.2) is 0 Å². The van der Waals surface area contributed by atoms with Gasteiger partial charge < -0.3 is 9.67 Å². The zero-order valence-electron chi connectivity index (χ0n) is 14.0. The predicted octanol–water partition coefficient (Wildman–Crippen LogP) is 3.91. The van der Waals surface area contributed by atoms with E-state index in [1.54, 1.807) is 12.1 Å². The van der Waals surface area contributed by atoms with Crippen molar-refractivity contribution in [3.63, 3.8) is 0 Å². The quantitative estimate of drug-likeness (QED) is 0.406. The second-order valence-corrected chi connectivity index (χ2v) is 5.30. The van der Waals surface area contributed by atoms with E-state index in [9.17, 15) is 4.79 Å². The maximum Gasteiger partial charge on any atom is 0.354 e. The van der Waals surface area contributed by atoms with Gasteiger partial charge in [0.2, 0.25) is 0 Å². The summed E-state index contributed by atoms with van der Waals surface area (Å²) in [4.78, 5) is 18.1. The Bertz CT molecular complexity index is 986. The summed E-state index contributed by atoms with van der Waals surface area (Å²) < 4.78 is 2.12. The van der Waals surface area contributed by atoms with Crippen LogP contribution in [0.2, 0.25) is 0 Å². The Morgan fingerprint density at radius 2 is 1.77 bits per heavy atom. The van der Waals surface area contributed by atoms with E-state index in [1.807, 2.05) is 36.5 Å². The average molecular weight is 523 g/mol. The summed E-state index contributed by atoms with van der Waals surface area (Å²) in [6.45, 7) is 2.09. The van der Waals surface area contributed by atoms with Gasteiger partial charge in [0.25, 0.3) is 0 Å². The Morgan fingerprint density at radius 3 is 2.35 bits per heavy atom. The second kappa shape index (κ2) is 9.04. The molecule has 0 aliphatic rings. The van der Waals surface area contributed by atoms with Crippen LogP contribution in [0.5, 0.6) is 0 Å². The number of rotatable bonds is 2. The number of benzene rings is 1. The monoisotopic (exact) mass is 523 g/mol. The number of para-hydroxylation sites is 1. The maximum absolute atomic E-state index is 10.1. The Hall–Kier alpha value is -2.82. The first kappa shape index (κ1) is 19.5. The van der Waals surface area contributed by atoms with Crippen LogP contribution in [0, 0.1) is 13.0 Å². The molecule has 0 aliphatic carbocycles. The fourth-order valence-corrected chi connectivity index (χ4v) is 2.49. The number of hydrogen-bond acceptors (Lipinski definition) is 3. The van der Waals surface area contributed by atoms with Crippen LogP contribution in [-0.4, -0.2) is 25.6 Å². The average Bonchev–Trinajstić information content (AvgIpc) is 2.99. The standard InChI is InChI=1S/C14H11N2.C6H5NO2.Ir/c1-11-10-12-6-2-3-7-13(12)16(11)14-8-4-5-9-15-14;8-6(9)5-3-1-2-4-7-5;/h2-6,8-10H,1H3;1-4H,(H,8,9);/q-1;;. The van der Waals surface area contributed by atoms with E-state index in [1.165, 1.54) is 23.3 Å². The van der Waals surface area contributed by atoms with E-state index in [2.05, 4.69) is 39.7 Å². The van der Waals surface area contributed by atoms with Crippen LogP contribution in [0.4, 0.5) is 0 Å². The van der Waals surface area contributed by atoms with Gasteiger partial charge in [0, 0.05) is 38.2 Å². The molecule has 6 heteroatoms. The van der Waals surface area contributed by atoms with Crippen molar-refractivity contribution in [2.45, 2.75) is 6.92 Å². The Kier molecular flexibility index (Phi) is 6.78. The van der Waals surface area contributed by atoms with Crippen LogP contribution >= 0.6 is 0 Å². The van der Waals surface area contributed by atoms with Gasteiger partial charge >= 0.3 is 5.97 Å². The molecule has 4 aromatic rings. The number of carbonyl (C=O) groups is 1. The summed E-state index contributed by atoms with van der Waals surface area (Å²) in [6.07, 6.45) is 3.26. The van der Waals surface area contributed by atoms with Crippen molar-refractivity contribution >= 4 is 16.9 Å². The third kappa shape index (κ3) is 4.42. The minimum atomic E-state index is -0.990. The van der Waals surface area contributed by atoms with Crippen molar-refractivity contribution in [1.29, 1.82) is 0 Å². The zero-order valence-corrected chi connectivity index (χ0v) is 16.4. The van der Waals surface area contributed by atoms with Crippen molar-refractivity contribution in [3.05, 3.63) is 90.5 Å². The number of aromatic carboxylic acids is 1. The predicted molar refractivity (Wildman–Crippen MR) is 95.8 cm³/mol. The van der Waals surface area contributed by atoms with Gasteiger partial charge in [0.1, 0.15) is 11.5 Å². The number of hydrogen-bond donors (Lipinski definition) is 1. The van der Waals surface area contributed by atoms with Crippen LogP contribution < -0.4 is 0 Å². The third-order valence-electron chi connectivity index (χ3n) is 3.57. The molecule has 1 aromatic carbocycles. The molecule has 0 bridgehead atoms. The summed E-state index contributed by atoms with van der Waals surface area (Å²) in [6, 6.07) is 22.1. The second-order valence-electron chi connectivity index (χ2n) is 5.30. The van der Waals surface area contributed by atoms with Crippen LogP contribution in [0.1, 0.15) is 16.2 Å². The number of carboxylic acid groups (broad SMARTS) is 1. The molecule has 0 spiro atoms. The van der Waals surface area contributed by atoms with Crippen LogP contribution in [0.3, 0.4) is 0 Å². The molecule has 3 heterocycles. The molecular formula is C20H16IrN3O2-. The van der Waals surface area contributed by atoms with Crippen molar-refractivity contribution < 1.29 is 30.0 Å². The SMILES string of the molecule is Cc1cc2ccc[c-]c2n1-c1ccccn1.O=C(O)c1ccccn1.[Ir]. The third-order valence-corrected chi connectivity index (χ3v) is 3.57. The molecule has 0 unspecified atom stereocenters. The molecule has 0 saturated heterocycles. The Labute approximate surface area is 164 Å². The fraction of sp³-hybridized carbons (Fsp3) is 0.0500. The molecular weight excluding hydrogens is 506 g/mol. The van der Waals surface area contributed by atoms with E-state index < -0.39 is 5.97 Å². The van der Waals surface area contributed by atoms with Gasteiger partial charge in [0.05, 0.1) is 0 Å². The first-order chi connectivity index (χ1) is 12.2. The van der Waals surface area contributed by atoms with Crippen molar-refractivity contribution in [1.82, 2.24) is 14.5 Å². The van der Waals surface area contributed by atoms with Gasteiger partial charge in [-0.1, -0.05) is 23.7 Å². The number of fused-ring (bicyclic) bond motifs is 1. The molecule has 0 saturated carbocycles. The molecule has 5 nitrogen and oxygen atoms in total. The van der Waals surface area contributed by atoms with Gasteiger partial charge in [-0.3, -0.25) is 0 Å². The van der Waals surface area contributed by atoms with E-state index in [0.717, 1.165) is 11.3 Å². The zero-order chi connectivity index (χ0) is 17.6. The van der Waals surface area contributed by atoms with Gasteiger partial charge in [-0.25, -0.2) is 14.8 Å². The van der Waals surface area contributed by atoms with Crippen LogP contribution in [-0.2, 0) is 20.1 Å². The molecule has 133 valence electrons. The van der Waals surface area contributed by atoms with Crippen molar-refractivity contribution in [2.24, 2.45) is 0 Å². The fourth-order valence-electron chi connectivity index (χ4n) is 2.49. The number of pyridine rings is 2. The summed E-state index contributed by atoms with van der Waals surface area (Å²) in [5.41, 5.74) is 2.34. The smallest absolute Gasteiger partial charge is 0.354 e. The molecule has 26 heavy (non-hydrogen) atoms. The number of nitrogens with zero attached hydrogens (tertiary/aromatic N) is 3. The molecule has 1 radical (unpaired) electrons. The normalized spacial score (nSPS) is 9.73. The minimum absolute atomic E-state index is 0. The summed E-state index contributed by atoms with van der Waals surface area (Å²) in [7, 11) is 0. The van der Waals surface area contributed by atoms with Gasteiger partial charge in [-0.15, -0.1) is 5.39 Å². The van der Waals surface area contributed by atoms with Crippen molar-refractivity contribution in [2.75, 3.05) is 0 Å². The Morgan fingerprint density at radius 1 is 1.04 bits per heavy atom. The summed E-state index contributed by atoms with van der Waals surface area (Å²) >= 11 is 0.